The Balaban J connectivity index is 1.94. The molecule has 0 aliphatic carbocycles. The zero-order valence-electron chi connectivity index (χ0n) is 13.9. The highest BCUT2D eigenvalue weighted by atomic mass is 16.2. The highest BCUT2D eigenvalue weighted by molar-refractivity contribution is 5.93. The Bertz CT molecular complexity index is 724. The molecule has 2 rings (SSSR count). The Hall–Kier alpha value is -2.69. The van der Waals surface area contributed by atoms with Gasteiger partial charge in [-0.25, -0.2) is 5.43 Å². The van der Waals surface area contributed by atoms with Crippen LogP contribution in [0.25, 0.3) is 6.08 Å². The van der Waals surface area contributed by atoms with Crippen molar-refractivity contribution in [2.24, 2.45) is 12.1 Å². The first-order valence-corrected chi connectivity index (χ1v) is 7.57. The lowest BCUT2D eigenvalue weighted by Gasteiger charge is -2.05. The van der Waals surface area contributed by atoms with E-state index >= 15 is 0 Å². The Morgan fingerprint density at radius 1 is 1.26 bits per heavy atom. The SMILES string of the molecule is C/C(C=NNC(=O)c1ccn(C)n1)=C/c1ccc(C(C)C)cc1. The van der Waals surface area contributed by atoms with Gasteiger partial charge in [-0.3, -0.25) is 9.48 Å². The smallest absolute Gasteiger partial charge is 0.275 e. The van der Waals surface area contributed by atoms with Gasteiger partial charge in [0.1, 0.15) is 0 Å². The van der Waals surface area contributed by atoms with Crippen molar-refractivity contribution in [3.05, 3.63) is 58.9 Å². The van der Waals surface area contributed by atoms with Crippen molar-refractivity contribution < 1.29 is 4.79 Å². The maximum Gasteiger partial charge on any atom is 0.291 e. The van der Waals surface area contributed by atoms with Crippen LogP contribution < -0.4 is 5.43 Å². The number of aromatic nitrogens is 2. The predicted octanol–water partition coefficient (Wildman–Crippen LogP) is 3.36. The Morgan fingerprint density at radius 3 is 2.52 bits per heavy atom. The van der Waals surface area contributed by atoms with E-state index in [1.807, 2.05) is 13.0 Å². The van der Waals surface area contributed by atoms with Crippen LogP contribution >= 0.6 is 0 Å². The first-order chi connectivity index (χ1) is 11.0. The zero-order valence-corrected chi connectivity index (χ0v) is 13.9. The number of hydrogen-bond donors (Lipinski definition) is 1. The molecule has 0 spiro atoms. The number of hydrogen-bond acceptors (Lipinski definition) is 3. The van der Waals surface area contributed by atoms with E-state index in [0.717, 1.165) is 11.1 Å². The molecule has 0 aliphatic rings. The summed E-state index contributed by atoms with van der Waals surface area (Å²) in [5.74, 6) is 0.202. The standard InChI is InChI=1S/C18H22N4O/c1-13(2)16-7-5-15(6-8-16)11-14(3)12-19-20-18(23)17-9-10-22(4)21-17/h5-13H,1-4H3,(H,20,23)/b14-11-,19-12?. The van der Waals surface area contributed by atoms with Crippen LogP contribution in [0.4, 0.5) is 0 Å². The fourth-order valence-corrected chi connectivity index (χ4v) is 2.06. The molecule has 0 atom stereocenters. The van der Waals surface area contributed by atoms with Gasteiger partial charge in [0.25, 0.3) is 5.91 Å². The van der Waals surface area contributed by atoms with Gasteiger partial charge in [-0.15, -0.1) is 0 Å². The van der Waals surface area contributed by atoms with E-state index in [2.05, 4.69) is 53.7 Å². The molecule has 1 heterocycles. The molecule has 2 aromatic rings. The Labute approximate surface area is 136 Å². The fourth-order valence-electron chi connectivity index (χ4n) is 2.06. The molecule has 5 heteroatoms. The highest BCUT2D eigenvalue weighted by Gasteiger charge is 2.06. The van der Waals surface area contributed by atoms with Crippen molar-refractivity contribution in [1.82, 2.24) is 15.2 Å². The van der Waals surface area contributed by atoms with E-state index in [9.17, 15) is 4.79 Å². The highest BCUT2D eigenvalue weighted by Crippen LogP contribution is 2.15. The number of nitrogens with one attached hydrogen (secondary N) is 1. The van der Waals surface area contributed by atoms with E-state index in [1.165, 1.54) is 5.56 Å². The van der Waals surface area contributed by atoms with E-state index in [4.69, 9.17) is 0 Å². The molecule has 0 aliphatic heterocycles. The van der Waals surface area contributed by atoms with E-state index in [1.54, 1.807) is 30.2 Å². The third kappa shape index (κ3) is 4.92. The lowest BCUT2D eigenvalue weighted by molar-refractivity contribution is 0.0949. The molecule has 120 valence electrons. The van der Waals surface area contributed by atoms with Crippen LogP contribution in [-0.4, -0.2) is 21.9 Å². The molecule has 1 amide bonds. The number of allylic oxidation sites excluding steroid dienone is 1. The molecule has 0 saturated carbocycles. The maximum absolute atomic E-state index is 11.8. The fraction of sp³-hybridized carbons (Fsp3) is 0.278. The van der Waals surface area contributed by atoms with Crippen molar-refractivity contribution in [2.45, 2.75) is 26.7 Å². The van der Waals surface area contributed by atoms with Crippen molar-refractivity contribution in [3.63, 3.8) is 0 Å². The lowest BCUT2D eigenvalue weighted by atomic mass is 10.0. The van der Waals surface area contributed by atoms with Gasteiger partial charge in [0.15, 0.2) is 5.69 Å². The van der Waals surface area contributed by atoms with Crippen LogP contribution in [0, 0.1) is 0 Å². The quantitative estimate of drug-likeness (QED) is 0.680. The van der Waals surface area contributed by atoms with Crippen molar-refractivity contribution in [3.8, 4) is 0 Å². The summed E-state index contributed by atoms with van der Waals surface area (Å²) in [5.41, 5.74) is 6.18. The van der Waals surface area contributed by atoms with Crippen molar-refractivity contribution in [2.75, 3.05) is 0 Å². The Kier molecular flexibility index (Phi) is 5.46. The molecule has 1 N–H and O–H groups in total. The number of amides is 1. The maximum atomic E-state index is 11.8. The van der Waals surface area contributed by atoms with Gasteiger partial charge in [0.05, 0.1) is 6.21 Å². The number of carbonyl (C=O) groups is 1. The summed E-state index contributed by atoms with van der Waals surface area (Å²) >= 11 is 0. The molecule has 0 radical (unpaired) electrons. The van der Waals surface area contributed by atoms with Gasteiger partial charge in [-0.2, -0.15) is 10.2 Å². The zero-order chi connectivity index (χ0) is 16.8. The third-order valence-corrected chi connectivity index (χ3v) is 3.38. The Morgan fingerprint density at radius 2 is 1.96 bits per heavy atom. The second-order valence-corrected chi connectivity index (χ2v) is 5.78. The molecule has 0 unspecified atom stereocenters. The van der Waals surface area contributed by atoms with Crippen LogP contribution in [0.15, 0.2) is 47.2 Å². The van der Waals surface area contributed by atoms with Crippen LogP contribution in [-0.2, 0) is 7.05 Å². The summed E-state index contributed by atoms with van der Waals surface area (Å²) in [4.78, 5) is 11.8. The molecule has 0 saturated heterocycles. The molecule has 1 aromatic heterocycles. The second-order valence-electron chi connectivity index (χ2n) is 5.78. The molecule has 5 nitrogen and oxygen atoms in total. The van der Waals surface area contributed by atoms with Crippen LogP contribution in [0.2, 0.25) is 0 Å². The second kappa shape index (κ2) is 7.54. The van der Waals surface area contributed by atoms with Gasteiger partial charge in [-0.1, -0.05) is 44.2 Å². The molecule has 0 fully saturated rings. The number of benzene rings is 1. The van der Waals surface area contributed by atoms with E-state index < -0.39 is 0 Å². The molecule has 1 aromatic carbocycles. The van der Waals surface area contributed by atoms with Gasteiger partial charge in [0, 0.05) is 13.2 Å². The van der Waals surface area contributed by atoms with E-state index in [0.29, 0.717) is 11.6 Å². The van der Waals surface area contributed by atoms with Crippen LogP contribution in [0.1, 0.15) is 48.3 Å². The summed E-state index contributed by atoms with van der Waals surface area (Å²) in [7, 11) is 1.76. The molecule has 23 heavy (non-hydrogen) atoms. The summed E-state index contributed by atoms with van der Waals surface area (Å²) in [6, 6.07) is 10.1. The molecular weight excluding hydrogens is 288 g/mol. The number of hydrazone groups is 1. The summed E-state index contributed by atoms with van der Waals surface area (Å²) in [6.07, 6.45) is 5.35. The molecular formula is C18H22N4O. The van der Waals surface area contributed by atoms with Gasteiger partial charge in [0.2, 0.25) is 0 Å². The monoisotopic (exact) mass is 310 g/mol. The van der Waals surface area contributed by atoms with Crippen LogP contribution in [0.3, 0.4) is 0 Å². The van der Waals surface area contributed by atoms with Crippen molar-refractivity contribution >= 4 is 18.2 Å². The van der Waals surface area contributed by atoms with Crippen molar-refractivity contribution in [1.29, 1.82) is 0 Å². The first-order valence-electron chi connectivity index (χ1n) is 7.57. The predicted molar refractivity (Wildman–Crippen MR) is 93.3 cm³/mol. The average Bonchev–Trinajstić information content (AvgIpc) is 2.94. The van der Waals surface area contributed by atoms with E-state index in [-0.39, 0.29) is 5.91 Å². The topological polar surface area (TPSA) is 59.3 Å². The number of carbonyl (C=O) groups excluding carboxylic acids is 1. The minimum absolute atomic E-state index is 0.323. The first kappa shape index (κ1) is 16.7. The van der Waals surface area contributed by atoms with Gasteiger partial charge >= 0.3 is 0 Å². The third-order valence-electron chi connectivity index (χ3n) is 3.38. The largest absolute Gasteiger partial charge is 0.291 e. The minimum atomic E-state index is -0.323. The normalized spacial score (nSPS) is 12.1. The number of nitrogens with zero attached hydrogens (tertiary/aromatic N) is 3. The van der Waals surface area contributed by atoms with Gasteiger partial charge < -0.3 is 0 Å². The van der Waals surface area contributed by atoms with Gasteiger partial charge in [-0.05, 0) is 35.6 Å². The average molecular weight is 310 g/mol. The minimum Gasteiger partial charge on any atom is -0.275 e. The molecule has 0 bridgehead atoms. The summed E-state index contributed by atoms with van der Waals surface area (Å²) in [6.45, 7) is 6.28. The lowest BCUT2D eigenvalue weighted by Crippen LogP contribution is -2.18. The number of rotatable bonds is 5. The number of aryl methyl sites for hydroxylation is 1. The summed E-state index contributed by atoms with van der Waals surface area (Å²) < 4.78 is 1.57. The summed E-state index contributed by atoms with van der Waals surface area (Å²) in [5, 5.41) is 7.97. The van der Waals surface area contributed by atoms with Crippen LogP contribution in [0.5, 0.6) is 0 Å².